The van der Waals surface area contributed by atoms with Crippen molar-refractivity contribution in [2.24, 2.45) is 5.16 Å². The summed E-state index contributed by atoms with van der Waals surface area (Å²) in [6, 6.07) is 0. The molecule has 1 aromatic rings. The minimum absolute atomic E-state index is 0.0544. The SMILES string of the molecule is CNC(=O)/C(=N/OC)c1cnc[nH]c1=O. The zero-order valence-corrected chi connectivity index (χ0v) is 8.27. The van der Waals surface area contributed by atoms with Crippen LogP contribution in [0.25, 0.3) is 0 Å². The molecule has 1 rings (SSSR count). The van der Waals surface area contributed by atoms with Crippen molar-refractivity contribution in [1.29, 1.82) is 0 Å². The summed E-state index contributed by atoms with van der Waals surface area (Å²) in [6.45, 7) is 0. The van der Waals surface area contributed by atoms with Crippen molar-refractivity contribution in [1.82, 2.24) is 15.3 Å². The average molecular weight is 210 g/mol. The Morgan fingerprint density at radius 3 is 2.93 bits per heavy atom. The number of hydrogen-bond acceptors (Lipinski definition) is 5. The molecule has 0 unspecified atom stereocenters. The highest BCUT2D eigenvalue weighted by atomic mass is 16.6. The van der Waals surface area contributed by atoms with Crippen molar-refractivity contribution < 1.29 is 9.63 Å². The van der Waals surface area contributed by atoms with Crippen molar-refractivity contribution in [3.8, 4) is 0 Å². The summed E-state index contributed by atoms with van der Waals surface area (Å²) in [7, 11) is 2.71. The molecule has 7 heteroatoms. The summed E-state index contributed by atoms with van der Waals surface area (Å²) >= 11 is 0. The van der Waals surface area contributed by atoms with Gasteiger partial charge in [-0.05, 0) is 0 Å². The van der Waals surface area contributed by atoms with Crippen LogP contribution >= 0.6 is 0 Å². The van der Waals surface area contributed by atoms with Gasteiger partial charge in [0.15, 0.2) is 5.71 Å². The molecule has 1 aromatic heterocycles. The first kappa shape index (κ1) is 10.9. The Kier molecular flexibility index (Phi) is 3.55. The van der Waals surface area contributed by atoms with E-state index in [1.807, 2.05) is 0 Å². The molecular weight excluding hydrogens is 200 g/mol. The van der Waals surface area contributed by atoms with Gasteiger partial charge in [0.1, 0.15) is 7.11 Å². The zero-order valence-electron chi connectivity index (χ0n) is 8.27. The molecule has 0 saturated carbocycles. The topological polar surface area (TPSA) is 96.4 Å². The maximum Gasteiger partial charge on any atom is 0.273 e. The molecular formula is C8H10N4O3. The Balaban J connectivity index is 3.23. The van der Waals surface area contributed by atoms with E-state index in [9.17, 15) is 9.59 Å². The molecule has 7 nitrogen and oxygen atoms in total. The van der Waals surface area contributed by atoms with Gasteiger partial charge in [-0.15, -0.1) is 0 Å². The molecule has 2 N–H and O–H groups in total. The zero-order chi connectivity index (χ0) is 11.3. The number of nitrogens with zero attached hydrogens (tertiary/aromatic N) is 2. The number of hydrogen-bond donors (Lipinski definition) is 2. The fraction of sp³-hybridized carbons (Fsp3) is 0.250. The Hall–Kier alpha value is -2.18. The number of amides is 1. The molecule has 0 radical (unpaired) electrons. The van der Waals surface area contributed by atoms with Gasteiger partial charge in [0.2, 0.25) is 0 Å². The first-order chi connectivity index (χ1) is 7.20. The smallest absolute Gasteiger partial charge is 0.273 e. The van der Waals surface area contributed by atoms with Gasteiger partial charge in [0, 0.05) is 13.2 Å². The average Bonchev–Trinajstić information content (AvgIpc) is 2.26. The van der Waals surface area contributed by atoms with Crippen LogP contribution in [0.15, 0.2) is 22.5 Å². The quantitative estimate of drug-likeness (QED) is 0.487. The highest BCUT2D eigenvalue weighted by molar-refractivity contribution is 6.45. The third-order valence-corrected chi connectivity index (χ3v) is 1.60. The van der Waals surface area contributed by atoms with Crippen molar-refractivity contribution in [3.63, 3.8) is 0 Å². The fourth-order valence-corrected chi connectivity index (χ4v) is 0.935. The molecule has 0 aliphatic rings. The molecule has 0 bridgehead atoms. The Morgan fingerprint density at radius 2 is 2.40 bits per heavy atom. The maximum absolute atomic E-state index is 11.4. The molecule has 0 atom stereocenters. The summed E-state index contributed by atoms with van der Waals surface area (Å²) in [4.78, 5) is 33.2. The molecule has 0 saturated heterocycles. The number of likely N-dealkylation sites (N-methyl/N-ethyl adjacent to an activating group) is 1. The minimum Gasteiger partial charge on any atom is -0.398 e. The molecule has 15 heavy (non-hydrogen) atoms. The maximum atomic E-state index is 11.4. The van der Waals surface area contributed by atoms with E-state index in [4.69, 9.17) is 0 Å². The number of H-pyrrole nitrogens is 1. The molecule has 0 fully saturated rings. The Labute approximate surface area is 85.2 Å². The summed E-state index contributed by atoms with van der Waals surface area (Å²) in [5, 5.41) is 5.82. The number of aromatic amines is 1. The number of oxime groups is 1. The van der Waals surface area contributed by atoms with Crippen LogP contribution in [-0.2, 0) is 9.63 Å². The van der Waals surface area contributed by atoms with Crippen molar-refractivity contribution in [2.75, 3.05) is 14.2 Å². The summed E-state index contributed by atoms with van der Waals surface area (Å²) in [6.07, 6.45) is 2.46. The predicted octanol–water partition coefficient (Wildman–Crippen LogP) is -1.13. The first-order valence-corrected chi connectivity index (χ1v) is 4.07. The lowest BCUT2D eigenvalue weighted by atomic mass is 10.2. The summed E-state index contributed by atoms with van der Waals surface area (Å²) in [5.41, 5.74) is -0.516. The van der Waals surface area contributed by atoms with E-state index >= 15 is 0 Å². The molecule has 0 aromatic carbocycles. The number of rotatable bonds is 3. The van der Waals surface area contributed by atoms with Gasteiger partial charge in [-0.3, -0.25) is 9.59 Å². The van der Waals surface area contributed by atoms with Gasteiger partial charge in [-0.25, -0.2) is 4.98 Å². The normalized spacial score (nSPS) is 10.9. The summed E-state index contributed by atoms with van der Waals surface area (Å²) in [5.74, 6) is -0.518. The molecule has 1 amide bonds. The van der Waals surface area contributed by atoms with E-state index in [0.717, 1.165) is 0 Å². The van der Waals surface area contributed by atoms with Crippen LogP contribution in [0.1, 0.15) is 5.56 Å². The third kappa shape index (κ3) is 2.39. The van der Waals surface area contributed by atoms with Gasteiger partial charge >= 0.3 is 0 Å². The lowest BCUT2D eigenvalue weighted by molar-refractivity contribution is -0.114. The van der Waals surface area contributed by atoms with E-state index in [1.165, 1.54) is 26.7 Å². The molecule has 0 aliphatic heterocycles. The number of carbonyl (C=O) groups excluding carboxylic acids is 1. The van der Waals surface area contributed by atoms with Crippen LogP contribution in [0.3, 0.4) is 0 Å². The third-order valence-electron chi connectivity index (χ3n) is 1.60. The lowest BCUT2D eigenvalue weighted by Crippen LogP contribution is -2.32. The van der Waals surface area contributed by atoms with Crippen molar-refractivity contribution in [2.45, 2.75) is 0 Å². The number of nitrogens with one attached hydrogen (secondary N) is 2. The minimum atomic E-state index is -0.518. The molecule has 1 heterocycles. The van der Waals surface area contributed by atoms with E-state index < -0.39 is 11.5 Å². The second-order valence-corrected chi connectivity index (χ2v) is 2.50. The highest BCUT2D eigenvalue weighted by Gasteiger charge is 2.16. The van der Waals surface area contributed by atoms with Crippen LogP contribution in [0, 0.1) is 0 Å². The van der Waals surface area contributed by atoms with Crippen LogP contribution in [0.5, 0.6) is 0 Å². The second-order valence-electron chi connectivity index (χ2n) is 2.50. The van der Waals surface area contributed by atoms with E-state index in [0.29, 0.717) is 0 Å². The second kappa shape index (κ2) is 4.89. The van der Waals surface area contributed by atoms with Crippen LogP contribution in [0.2, 0.25) is 0 Å². The van der Waals surface area contributed by atoms with Gasteiger partial charge in [-0.1, -0.05) is 5.16 Å². The Bertz CT molecular complexity index is 438. The monoisotopic (exact) mass is 210 g/mol. The van der Waals surface area contributed by atoms with Crippen LogP contribution in [-0.4, -0.2) is 35.7 Å². The first-order valence-electron chi connectivity index (χ1n) is 4.07. The van der Waals surface area contributed by atoms with Crippen molar-refractivity contribution in [3.05, 3.63) is 28.4 Å². The fourth-order valence-electron chi connectivity index (χ4n) is 0.935. The highest BCUT2D eigenvalue weighted by Crippen LogP contribution is 1.93. The predicted molar refractivity (Wildman–Crippen MR) is 52.5 cm³/mol. The number of aromatic nitrogens is 2. The van der Waals surface area contributed by atoms with E-state index in [1.54, 1.807) is 0 Å². The van der Waals surface area contributed by atoms with Gasteiger partial charge in [-0.2, -0.15) is 0 Å². The van der Waals surface area contributed by atoms with E-state index in [2.05, 4.69) is 25.3 Å². The van der Waals surface area contributed by atoms with Gasteiger partial charge < -0.3 is 15.1 Å². The molecule has 0 aliphatic carbocycles. The van der Waals surface area contributed by atoms with Crippen LogP contribution < -0.4 is 10.9 Å². The van der Waals surface area contributed by atoms with Gasteiger partial charge in [0.25, 0.3) is 11.5 Å². The molecule has 0 spiro atoms. The van der Waals surface area contributed by atoms with Gasteiger partial charge in [0.05, 0.1) is 11.9 Å². The number of carbonyl (C=O) groups is 1. The Morgan fingerprint density at radius 1 is 1.67 bits per heavy atom. The van der Waals surface area contributed by atoms with Crippen LogP contribution in [0.4, 0.5) is 0 Å². The standard InChI is InChI=1S/C8H10N4O3/c1-9-8(14)6(12-15-2)5-3-10-4-11-7(5)13/h3-4H,1-2H3,(H,9,14)(H,10,11,13)/b12-6+. The van der Waals surface area contributed by atoms with E-state index in [-0.39, 0.29) is 11.3 Å². The summed E-state index contributed by atoms with van der Waals surface area (Å²) < 4.78 is 0. The molecule has 80 valence electrons. The largest absolute Gasteiger partial charge is 0.398 e. The van der Waals surface area contributed by atoms with Crippen molar-refractivity contribution >= 4 is 11.6 Å². The lowest BCUT2D eigenvalue weighted by Gasteiger charge is -2.01.